The highest BCUT2D eigenvalue weighted by atomic mass is 35.5. The zero-order valence-electron chi connectivity index (χ0n) is 15.4. The van der Waals surface area contributed by atoms with Crippen LogP contribution in [0, 0.1) is 15.3 Å². The maximum absolute atomic E-state index is 8.25. The molecule has 0 bridgehead atoms. The molecule has 0 amide bonds. The highest BCUT2D eigenvalue weighted by Crippen LogP contribution is 2.28. The van der Waals surface area contributed by atoms with E-state index in [9.17, 15) is 0 Å². The maximum atomic E-state index is 8.25. The molecule has 3 aromatic rings. The van der Waals surface area contributed by atoms with Gasteiger partial charge in [-0.2, -0.15) is 0 Å². The lowest BCUT2D eigenvalue weighted by atomic mass is 10.00. The Hall–Kier alpha value is -3.30. The van der Waals surface area contributed by atoms with Gasteiger partial charge in [0.25, 0.3) is 0 Å². The minimum Gasteiger partial charge on any atom is -0.488 e. The van der Waals surface area contributed by atoms with E-state index in [-0.39, 0.29) is 12.6 Å². The monoisotopic (exact) mass is 450 g/mol. The van der Waals surface area contributed by atoms with Crippen molar-refractivity contribution in [2.24, 2.45) is 5.16 Å². The summed E-state index contributed by atoms with van der Waals surface area (Å²) in [4.78, 5) is 16.9. The third kappa shape index (κ3) is 5.40. The zero-order chi connectivity index (χ0) is 21.5. The molecule has 2 heterocycles. The molecule has 0 fully saturated rings. The molecule has 0 aliphatic carbocycles. The zero-order valence-corrected chi connectivity index (χ0v) is 16.9. The molecule has 1 aliphatic rings. The van der Waals surface area contributed by atoms with Crippen molar-refractivity contribution >= 4 is 28.9 Å². The fourth-order valence-corrected chi connectivity index (χ4v) is 3.34. The first kappa shape index (κ1) is 21.4. The predicted molar refractivity (Wildman–Crippen MR) is 110 cm³/mol. The van der Waals surface area contributed by atoms with E-state index in [1.165, 1.54) is 0 Å². The number of rotatable bonds is 4. The molecule has 0 saturated carbocycles. The Kier molecular flexibility index (Phi) is 7.10. The number of imidazole rings is 1. The van der Waals surface area contributed by atoms with Gasteiger partial charge >= 0.3 is 0 Å². The number of ether oxygens (including phenoxy) is 1. The summed E-state index contributed by atoms with van der Waals surface area (Å²) in [6, 6.07) is 13.0. The van der Waals surface area contributed by atoms with E-state index in [4.69, 9.17) is 48.1 Å². The van der Waals surface area contributed by atoms with E-state index < -0.39 is 5.09 Å². The standard InChI is InChI=1S/C19H15Cl2N3O2.NO3/c20-14-6-5-13(16(21)9-14)10-26-23-19-15-3-1-2-4-18(15)25-11-17(19)24-8-7-22-12-24;2-1(3)4/h1-9,12,17H,10-11H2;/q;-1/p+1/b23-19+;. The fraction of sp³-hybridized carbons (Fsp3) is 0.158. The Bertz CT molecular complexity index is 1040. The van der Waals surface area contributed by atoms with Gasteiger partial charge in [-0.3, -0.25) is 4.98 Å². The quantitative estimate of drug-likeness (QED) is 0.367. The summed E-state index contributed by atoms with van der Waals surface area (Å²) in [5, 5.41) is 20.3. The van der Waals surface area contributed by atoms with E-state index in [1.807, 2.05) is 53.6 Å². The topological polar surface area (TPSA) is 117 Å². The minimum atomic E-state index is -1.75. The molecule has 1 atom stereocenters. The largest absolute Gasteiger partial charge is 0.488 e. The van der Waals surface area contributed by atoms with Crippen molar-refractivity contribution in [3.8, 4) is 5.75 Å². The number of benzene rings is 2. The third-order valence-electron chi connectivity index (χ3n) is 4.20. The van der Waals surface area contributed by atoms with Crippen LogP contribution in [0.25, 0.3) is 0 Å². The molecule has 1 aromatic heterocycles. The summed E-state index contributed by atoms with van der Waals surface area (Å²) in [7, 11) is 0. The Morgan fingerprint density at radius 1 is 1.27 bits per heavy atom. The maximum Gasteiger partial charge on any atom is 0.242 e. The van der Waals surface area contributed by atoms with Gasteiger partial charge in [0.15, 0.2) is 6.04 Å². The number of para-hydroxylation sites is 1. The molecular weight excluding hydrogens is 435 g/mol. The van der Waals surface area contributed by atoms with Crippen LogP contribution in [-0.4, -0.2) is 22.4 Å². The normalized spacial score (nSPS) is 16.1. The lowest BCUT2D eigenvalue weighted by molar-refractivity contribution is -0.706. The van der Waals surface area contributed by atoms with Crippen molar-refractivity contribution in [2.75, 3.05) is 6.61 Å². The number of halogens is 2. The summed E-state index contributed by atoms with van der Waals surface area (Å²) in [5.74, 6) is 0.798. The van der Waals surface area contributed by atoms with E-state index >= 15 is 0 Å². The van der Waals surface area contributed by atoms with Crippen molar-refractivity contribution in [3.63, 3.8) is 0 Å². The van der Waals surface area contributed by atoms with E-state index in [0.717, 1.165) is 22.6 Å². The first-order chi connectivity index (χ1) is 14.5. The first-order valence-corrected chi connectivity index (χ1v) is 9.42. The van der Waals surface area contributed by atoms with Gasteiger partial charge in [0.1, 0.15) is 37.1 Å². The van der Waals surface area contributed by atoms with Gasteiger partial charge < -0.3 is 24.9 Å². The molecular formula is C19H16Cl2N4O5. The number of aromatic amines is 1. The second-order valence-electron chi connectivity index (χ2n) is 6.09. The minimum absolute atomic E-state index is 0.0863. The molecule has 30 heavy (non-hydrogen) atoms. The van der Waals surface area contributed by atoms with Crippen molar-refractivity contribution in [1.82, 2.24) is 4.98 Å². The van der Waals surface area contributed by atoms with Gasteiger partial charge in [-0.1, -0.05) is 46.6 Å². The fourth-order valence-electron chi connectivity index (χ4n) is 2.87. The van der Waals surface area contributed by atoms with E-state index in [0.29, 0.717) is 16.7 Å². The number of hydrogen-bond acceptors (Lipinski definition) is 6. The van der Waals surface area contributed by atoms with Crippen LogP contribution in [0.3, 0.4) is 0 Å². The summed E-state index contributed by atoms with van der Waals surface area (Å²) < 4.78 is 7.89. The Morgan fingerprint density at radius 3 is 2.73 bits per heavy atom. The van der Waals surface area contributed by atoms with Gasteiger partial charge in [-0.15, -0.1) is 0 Å². The van der Waals surface area contributed by atoms with E-state index in [1.54, 1.807) is 12.1 Å². The van der Waals surface area contributed by atoms with Crippen molar-refractivity contribution in [1.29, 1.82) is 0 Å². The summed E-state index contributed by atoms with van der Waals surface area (Å²) >= 11 is 12.1. The van der Waals surface area contributed by atoms with Crippen LogP contribution in [0.2, 0.25) is 10.0 Å². The van der Waals surface area contributed by atoms with Crippen LogP contribution in [0.4, 0.5) is 0 Å². The lowest BCUT2D eigenvalue weighted by Crippen LogP contribution is -2.48. The number of H-pyrrole nitrogens is 1. The van der Waals surface area contributed by atoms with Crippen LogP contribution < -0.4 is 9.30 Å². The summed E-state index contributed by atoms with van der Waals surface area (Å²) in [6.07, 6.45) is 5.66. The number of hydrogen-bond donors (Lipinski definition) is 1. The molecule has 0 spiro atoms. The highest BCUT2D eigenvalue weighted by molar-refractivity contribution is 6.35. The van der Waals surface area contributed by atoms with Crippen LogP contribution in [-0.2, 0) is 11.4 Å². The number of nitrogens with zero attached hydrogens (tertiary/aromatic N) is 3. The number of aromatic nitrogens is 2. The summed E-state index contributed by atoms with van der Waals surface area (Å²) in [6.45, 7) is 0.733. The number of fused-ring (bicyclic) bond motifs is 1. The van der Waals surface area contributed by atoms with Gasteiger partial charge in [-0.25, -0.2) is 4.57 Å². The van der Waals surface area contributed by atoms with Crippen LogP contribution >= 0.6 is 23.2 Å². The highest BCUT2D eigenvalue weighted by Gasteiger charge is 2.32. The van der Waals surface area contributed by atoms with Gasteiger partial charge in [0, 0.05) is 21.2 Å². The number of oxime groups is 1. The van der Waals surface area contributed by atoms with Gasteiger partial charge in [-0.05, 0) is 24.3 Å². The lowest BCUT2D eigenvalue weighted by Gasteiger charge is -2.24. The van der Waals surface area contributed by atoms with E-state index in [2.05, 4.69) is 10.1 Å². The Balaban J connectivity index is 0.000000589. The molecule has 1 unspecified atom stereocenters. The summed E-state index contributed by atoms with van der Waals surface area (Å²) in [5.41, 5.74) is 2.55. The number of nitrogens with one attached hydrogen (secondary N) is 1. The molecule has 1 aliphatic heterocycles. The van der Waals surface area contributed by atoms with Gasteiger partial charge in [0.2, 0.25) is 6.33 Å². The Morgan fingerprint density at radius 2 is 2.03 bits per heavy atom. The average Bonchev–Trinajstić information content (AvgIpc) is 3.24. The molecule has 156 valence electrons. The van der Waals surface area contributed by atoms with Crippen LogP contribution in [0.15, 0.2) is 66.3 Å². The second kappa shape index (κ2) is 9.95. The smallest absolute Gasteiger partial charge is 0.242 e. The molecule has 11 heteroatoms. The predicted octanol–water partition coefficient (Wildman–Crippen LogP) is 3.92. The van der Waals surface area contributed by atoms with Gasteiger partial charge in [0.05, 0.1) is 5.09 Å². The molecule has 0 radical (unpaired) electrons. The van der Waals surface area contributed by atoms with Crippen molar-refractivity contribution in [3.05, 3.63) is 97.7 Å². The van der Waals surface area contributed by atoms with Crippen LogP contribution in [0.1, 0.15) is 17.2 Å². The second-order valence-corrected chi connectivity index (χ2v) is 6.93. The first-order valence-electron chi connectivity index (χ1n) is 8.66. The Labute approximate surface area is 181 Å². The third-order valence-corrected chi connectivity index (χ3v) is 4.79. The molecule has 1 N–H and O–H groups in total. The molecule has 2 aromatic carbocycles. The van der Waals surface area contributed by atoms with Crippen molar-refractivity contribution in [2.45, 2.75) is 12.6 Å². The van der Waals surface area contributed by atoms with Crippen LogP contribution in [0.5, 0.6) is 5.75 Å². The van der Waals surface area contributed by atoms with Crippen molar-refractivity contribution < 1.29 is 19.2 Å². The molecule has 0 saturated heterocycles. The molecule has 4 rings (SSSR count). The molecule has 9 nitrogen and oxygen atoms in total. The average molecular weight is 451 g/mol. The SMILES string of the molecule is Clc1ccc(CO/N=C2\c3ccccc3OCC2[n+]2cc[nH]c2)c(Cl)c1.O=[N+]([O-])[O-].